The molecule has 1 fully saturated rings. The minimum absolute atomic E-state index is 0.0312. The molecule has 2 amide bonds. The molecular formula is C28H21FN6O3. The van der Waals surface area contributed by atoms with Crippen LogP contribution < -0.4 is 15.4 Å². The number of pyridine rings is 1. The molecule has 1 aliphatic rings. The van der Waals surface area contributed by atoms with Gasteiger partial charge in [-0.05, 0) is 37.1 Å². The lowest BCUT2D eigenvalue weighted by Gasteiger charge is -2.11. The molecule has 9 nitrogen and oxygen atoms in total. The number of hydrogen-bond donors (Lipinski definition) is 2. The smallest absolute Gasteiger partial charge is 0.274 e. The summed E-state index contributed by atoms with van der Waals surface area (Å²) in [6.07, 6.45) is 4.83. The van der Waals surface area contributed by atoms with Crippen LogP contribution in [0.1, 0.15) is 23.3 Å². The zero-order valence-corrected chi connectivity index (χ0v) is 20.0. The van der Waals surface area contributed by atoms with E-state index < -0.39 is 11.7 Å². The van der Waals surface area contributed by atoms with E-state index in [2.05, 4.69) is 25.7 Å². The van der Waals surface area contributed by atoms with E-state index in [1.54, 1.807) is 28.9 Å². The normalized spacial score (nSPS) is 12.8. The largest absolute Gasteiger partial charge is 0.454 e. The van der Waals surface area contributed by atoms with Gasteiger partial charge in [0, 0.05) is 41.6 Å². The molecule has 0 saturated heterocycles. The maximum Gasteiger partial charge on any atom is 0.274 e. The average molecular weight is 509 g/mol. The molecule has 6 rings (SSSR count). The number of amides is 2. The van der Waals surface area contributed by atoms with Crippen molar-refractivity contribution < 1.29 is 18.7 Å². The second-order valence-corrected chi connectivity index (χ2v) is 8.84. The number of rotatable bonds is 7. The highest BCUT2D eigenvalue weighted by Gasteiger charge is 2.29. The lowest BCUT2D eigenvalue weighted by Crippen LogP contribution is -2.15. The first kappa shape index (κ1) is 23.3. The third-order valence-corrected chi connectivity index (χ3v) is 6.01. The summed E-state index contributed by atoms with van der Waals surface area (Å²) in [7, 11) is 0. The van der Waals surface area contributed by atoms with Gasteiger partial charge in [-0.25, -0.2) is 18.9 Å². The van der Waals surface area contributed by atoms with Gasteiger partial charge in [0.15, 0.2) is 17.2 Å². The number of anilines is 2. The summed E-state index contributed by atoms with van der Waals surface area (Å²) < 4.78 is 22.2. The van der Waals surface area contributed by atoms with Gasteiger partial charge in [0.1, 0.15) is 17.3 Å². The van der Waals surface area contributed by atoms with Crippen LogP contribution in [0.4, 0.5) is 15.9 Å². The molecule has 10 heteroatoms. The van der Waals surface area contributed by atoms with Crippen LogP contribution >= 0.6 is 0 Å². The van der Waals surface area contributed by atoms with Crippen molar-refractivity contribution in [1.82, 2.24) is 19.6 Å². The number of halogens is 1. The van der Waals surface area contributed by atoms with Gasteiger partial charge in [0.25, 0.3) is 5.91 Å². The molecule has 5 aromatic rings. The standard InChI is InChI=1S/C28H21FN6O3/c29-21-14-19(8-9-24(21)38-20-10-12-30-25(15-20)34-27(36)18-6-7-18)32-28(37)22-16-23(17-4-2-1-3-5-17)35-26(33-22)11-13-31-35/h1-5,8-16,18H,6-7H2,(H,32,37)(H,30,34,36). The Morgan fingerprint density at radius 2 is 1.79 bits per heavy atom. The maximum atomic E-state index is 14.9. The van der Waals surface area contributed by atoms with E-state index >= 15 is 0 Å². The van der Waals surface area contributed by atoms with E-state index in [1.807, 2.05) is 30.3 Å². The van der Waals surface area contributed by atoms with Crippen LogP contribution in [0.2, 0.25) is 0 Å². The maximum absolute atomic E-state index is 14.9. The first-order chi connectivity index (χ1) is 18.5. The van der Waals surface area contributed by atoms with Crippen molar-refractivity contribution in [2.75, 3.05) is 10.6 Å². The van der Waals surface area contributed by atoms with Crippen LogP contribution in [0.15, 0.2) is 85.2 Å². The van der Waals surface area contributed by atoms with Crippen LogP contribution in [0.5, 0.6) is 11.5 Å². The zero-order valence-electron chi connectivity index (χ0n) is 20.0. The second kappa shape index (κ2) is 9.74. The van der Waals surface area contributed by atoms with Crippen LogP contribution in [0.25, 0.3) is 16.9 Å². The lowest BCUT2D eigenvalue weighted by molar-refractivity contribution is -0.117. The van der Waals surface area contributed by atoms with Crippen LogP contribution in [0.3, 0.4) is 0 Å². The Morgan fingerprint density at radius 1 is 0.947 bits per heavy atom. The van der Waals surface area contributed by atoms with Crippen molar-refractivity contribution in [3.63, 3.8) is 0 Å². The third-order valence-electron chi connectivity index (χ3n) is 6.01. The number of carbonyl (C=O) groups excluding carboxylic acids is 2. The Morgan fingerprint density at radius 3 is 2.58 bits per heavy atom. The van der Waals surface area contributed by atoms with Gasteiger partial charge in [-0.3, -0.25) is 9.59 Å². The van der Waals surface area contributed by atoms with Crippen molar-refractivity contribution in [3.05, 3.63) is 96.7 Å². The van der Waals surface area contributed by atoms with Gasteiger partial charge in [-0.2, -0.15) is 5.10 Å². The molecule has 0 atom stereocenters. The Kier molecular flexibility index (Phi) is 5.97. The molecule has 1 saturated carbocycles. The minimum atomic E-state index is -0.674. The number of ether oxygens (including phenoxy) is 1. The summed E-state index contributed by atoms with van der Waals surface area (Å²) in [6, 6.07) is 20.1. The molecule has 3 heterocycles. The van der Waals surface area contributed by atoms with E-state index in [4.69, 9.17) is 4.74 Å². The van der Waals surface area contributed by atoms with Crippen LogP contribution in [-0.4, -0.2) is 31.4 Å². The Labute approximate surface area is 216 Å². The summed E-state index contributed by atoms with van der Waals surface area (Å²) >= 11 is 0. The number of nitrogens with zero attached hydrogens (tertiary/aromatic N) is 4. The lowest BCUT2D eigenvalue weighted by atomic mass is 10.1. The molecule has 0 radical (unpaired) electrons. The van der Waals surface area contributed by atoms with Crippen molar-refractivity contribution in [3.8, 4) is 22.8 Å². The van der Waals surface area contributed by atoms with Crippen molar-refractivity contribution in [1.29, 1.82) is 0 Å². The van der Waals surface area contributed by atoms with Crippen molar-refractivity contribution in [2.45, 2.75) is 12.8 Å². The van der Waals surface area contributed by atoms with E-state index in [-0.39, 0.29) is 29.0 Å². The van der Waals surface area contributed by atoms with Crippen molar-refractivity contribution >= 4 is 29.0 Å². The molecule has 1 aliphatic carbocycles. The SMILES string of the molecule is O=C(Nc1ccc(Oc2ccnc(NC(=O)C3CC3)c2)c(F)c1)c1cc(-c2ccccc2)n2nccc2n1. The first-order valence-corrected chi connectivity index (χ1v) is 12.0. The predicted octanol–water partition coefficient (Wildman–Crippen LogP) is 5.32. The van der Waals surface area contributed by atoms with Crippen LogP contribution in [0, 0.1) is 11.7 Å². The fourth-order valence-electron chi connectivity index (χ4n) is 3.94. The number of aromatic nitrogens is 4. The molecule has 2 aromatic carbocycles. The number of nitrogens with one attached hydrogen (secondary N) is 2. The summed E-state index contributed by atoms with van der Waals surface area (Å²) in [5, 5.41) is 9.72. The quantitative estimate of drug-likeness (QED) is 0.308. The first-order valence-electron chi connectivity index (χ1n) is 12.0. The van der Waals surface area contributed by atoms with Gasteiger partial charge in [-0.15, -0.1) is 0 Å². The van der Waals surface area contributed by atoms with E-state index in [1.165, 1.54) is 30.5 Å². The number of carbonyl (C=O) groups is 2. The number of benzene rings is 2. The molecule has 0 aliphatic heterocycles. The molecule has 0 spiro atoms. The average Bonchev–Trinajstić information content (AvgIpc) is 3.68. The summed E-state index contributed by atoms with van der Waals surface area (Å²) in [4.78, 5) is 33.5. The van der Waals surface area contributed by atoms with Gasteiger partial charge in [0.05, 0.1) is 11.9 Å². The molecule has 0 bridgehead atoms. The van der Waals surface area contributed by atoms with Gasteiger partial charge in [-0.1, -0.05) is 30.3 Å². The van der Waals surface area contributed by atoms with E-state index in [0.29, 0.717) is 22.9 Å². The Bertz CT molecular complexity index is 1670. The Hall–Kier alpha value is -5.12. The number of hydrogen-bond acceptors (Lipinski definition) is 6. The Balaban J connectivity index is 1.19. The molecule has 3 aromatic heterocycles. The fraction of sp³-hybridized carbons (Fsp3) is 0.107. The summed E-state index contributed by atoms with van der Waals surface area (Å²) in [5.74, 6) is -0.618. The van der Waals surface area contributed by atoms with Gasteiger partial charge >= 0.3 is 0 Å². The highest BCUT2D eigenvalue weighted by Crippen LogP contribution is 2.31. The monoisotopic (exact) mass is 508 g/mol. The molecule has 188 valence electrons. The topological polar surface area (TPSA) is 111 Å². The van der Waals surface area contributed by atoms with Gasteiger partial charge < -0.3 is 15.4 Å². The predicted molar refractivity (Wildman–Crippen MR) is 138 cm³/mol. The fourth-order valence-corrected chi connectivity index (χ4v) is 3.94. The minimum Gasteiger partial charge on any atom is -0.454 e. The van der Waals surface area contributed by atoms with Gasteiger partial charge in [0.2, 0.25) is 5.91 Å². The summed E-state index contributed by atoms with van der Waals surface area (Å²) in [6.45, 7) is 0. The van der Waals surface area contributed by atoms with E-state index in [9.17, 15) is 14.0 Å². The third kappa shape index (κ3) is 4.92. The van der Waals surface area contributed by atoms with E-state index in [0.717, 1.165) is 18.4 Å². The highest BCUT2D eigenvalue weighted by molar-refractivity contribution is 6.03. The van der Waals surface area contributed by atoms with Crippen molar-refractivity contribution in [2.24, 2.45) is 5.92 Å². The van der Waals surface area contributed by atoms with Crippen LogP contribution in [-0.2, 0) is 4.79 Å². The molecule has 0 unspecified atom stereocenters. The second-order valence-electron chi connectivity index (χ2n) is 8.84. The number of fused-ring (bicyclic) bond motifs is 1. The molecular weight excluding hydrogens is 487 g/mol. The summed E-state index contributed by atoms with van der Waals surface area (Å²) in [5.41, 5.74) is 2.48. The zero-order chi connectivity index (χ0) is 26.1. The highest BCUT2D eigenvalue weighted by atomic mass is 19.1. The molecule has 38 heavy (non-hydrogen) atoms. The molecule has 2 N–H and O–H groups in total.